The van der Waals surface area contributed by atoms with Gasteiger partial charge in [-0.05, 0) is 18.8 Å². The van der Waals surface area contributed by atoms with E-state index in [4.69, 9.17) is 5.73 Å². The Balaban J connectivity index is 0. The molecule has 0 aliphatic heterocycles. The summed E-state index contributed by atoms with van der Waals surface area (Å²) in [6.45, 7) is 8.87. The average Bonchev–Trinajstić information content (AvgIpc) is 2.06. The van der Waals surface area contributed by atoms with Crippen LogP contribution in [0.4, 0.5) is 0 Å². The Morgan fingerprint density at radius 3 is 1.42 bits per heavy atom. The van der Waals surface area contributed by atoms with Gasteiger partial charge in [0.05, 0.1) is 0 Å². The van der Waals surface area contributed by atoms with Gasteiger partial charge in [-0.3, -0.25) is 0 Å². The van der Waals surface area contributed by atoms with Gasteiger partial charge >= 0.3 is 0 Å². The first-order chi connectivity index (χ1) is 5.14. The zero-order valence-electron chi connectivity index (χ0n) is 8.89. The Morgan fingerprint density at radius 1 is 1.00 bits per heavy atom. The van der Waals surface area contributed by atoms with Crippen molar-refractivity contribution < 1.29 is 0 Å². The fraction of sp³-hybridized carbons (Fsp3) is 1.00. The van der Waals surface area contributed by atoms with Gasteiger partial charge in [0, 0.05) is 5.54 Å². The summed E-state index contributed by atoms with van der Waals surface area (Å²) in [7, 11) is 0. The molecular weight excluding hydrogens is 214 g/mol. The predicted molar refractivity (Wildman–Crippen MR) is 61.9 cm³/mol. The quantitative estimate of drug-likeness (QED) is 0.779. The highest BCUT2D eigenvalue weighted by Crippen LogP contribution is 2.27. The third kappa shape index (κ3) is 3.44. The lowest BCUT2D eigenvalue weighted by molar-refractivity contribution is 0.237. The molecule has 0 aromatic carbocycles. The van der Waals surface area contributed by atoms with Crippen molar-refractivity contribution in [2.24, 2.45) is 11.7 Å². The van der Waals surface area contributed by atoms with E-state index in [1.165, 1.54) is 12.8 Å². The molecule has 0 aromatic rings. The normalized spacial score (nSPS) is 11.5. The lowest BCUT2D eigenvalue weighted by Crippen LogP contribution is -2.45. The van der Waals surface area contributed by atoms with Crippen LogP contribution in [-0.2, 0) is 0 Å². The first-order valence-corrected chi connectivity index (χ1v) is 4.93. The molecule has 0 saturated heterocycles. The maximum atomic E-state index is 6.26. The molecule has 2 heteroatoms. The van der Waals surface area contributed by atoms with Crippen LogP contribution in [0.15, 0.2) is 0 Å². The third-order valence-corrected chi connectivity index (χ3v) is 3.12. The van der Waals surface area contributed by atoms with Crippen molar-refractivity contribution >= 4 is 17.0 Å². The smallest absolute Gasteiger partial charge is 0.0177 e. The second-order valence-corrected chi connectivity index (χ2v) is 3.45. The van der Waals surface area contributed by atoms with Gasteiger partial charge in [-0.15, -0.1) is 17.0 Å². The zero-order valence-corrected chi connectivity index (χ0v) is 10.6. The van der Waals surface area contributed by atoms with Gasteiger partial charge in [0.15, 0.2) is 0 Å². The molecule has 0 aliphatic rings. The van der Waals surface area contributed by atoms with Crippen molar-refractivity contribution in [2.75, 3.05) is 0 Å². The first kappa shape index (κ1) is 14.9. The lowest BCUT2D eigenvalue weighted by atomic mass is 9.77. The molecule has 0 aliphatic carbocycles. The minimum atomic E-state index is 0. The van der Waals surface area contributed by atoms with E-state index in [1.807, 2.05) is 0 Å². The van der Waals surface area contributed by atoms with Crippen molar-refractivity contribution in [3.63, 3.8) is 0 Å². The molecule has 0 saturated carbocycles. The van der Waals surface area contributed by atoms with Crippen molar-refractivity contribution in [3.8, 4) is 0 Å². The topological polar surface area (TPSA) is 26.0 Å². The summed E-state index contributed by atoms with van der Waals surface area (Å²) in [4.78, 5) is 0. The van der Waals surface area contributed by atoms with E-state index < -0.39 is 0 Å². The SMILES string of the molecule is Br.CCC(CC)C(N)(CC)CC. The molecular formula is C10H24BrN. The Labute approximate surface area is 87.9 Å². The molecule has 0 radical (unpaired) electrons. The summed E-state index contributed by atoms with van der Waals surface area (Å²) in [5.74, 6) is 0.706. The number of halogens is 1. The third-order valence-electron chi connectivity index (χ3n) is 3.12. The van der Waals surface area contributed by atoms with Crippen molar-refractivity contribution in [1.29, 1.82) is 0 Å². The van der Waals surface area contributed by atoms with Crippen LogP contribution >= 0.6 is 17.0 Å². The molecule has 0 heterocycles. The summed E-state index contributed by atoms with van der Waals surface area (Å²) in [6.07, 6.45) is 4.65. The molecule has 0 aromatic heterocycles. The minimum absolute atomic E-state index is 0. The average molecular weight is 238 g/mol. The van der Waals surface area contributed by atoms with E-state index in [2.05, 4.69) is 27.7 Å². The van der Waals surface area contributed by atoms with E-state index in [0.717, 1.165) is 12.8 Å². The molecule has 76 valence electrons. The van der Waals surface area contributed by atoms with Gasteiger partial charge in [-0.2, -0.15) is 0 Å². The molecule has 0 bridgehead atoms. The van der Waals surface area contributed by atoms with Gasteiger partial charge in [-0.1, -0.05) is 40.5 Å². The van der Waals surface area contributed by atoms with E-state index in [1.54, 1.807) is 0 Å². The predicted octanol–water partition coefficient (Wildman–Crippen LogP) is 3.52. The molecule has 0 rings (SSSR count). The Bertz CT molecular complexity index is 96.0. The van der Waals surface area contributed by atoms with Gasteiger partial charge in [0.2, 0.25) is 0 Å². The van der Waals surface area contributed by atoms with Crippen LogP contribution in [0, 0.1) is 5.92 Å². The van der Waals surface area contributed by atoms with Gasteiger partial charge in [0.25, 0.3) is 0 Å². The first-order valence-electron chi connectivity index (χ1n) is 4.93. The van der Waals surface area contributed by atoms with E-state index >= 15 is 0 Å². The summed E-state index contributed by atoms with van der Waals surface area (Å²) in [6, 6.07) is 0. The highest BCUT2D eigenvalue weighted by molar-refractivity contribution is 8.93. The van der Waals surface area contributed by atoms with E-state index in [-0.39, 0.29) is 22.5 Å². The van der Waals surface area contributed by atoms with Crippen LogP contribution in [0.25, 0.3) is 0 Å². The van der Waals surface area contributed by atoms with Gasteiger partial charge < -0.3 is 5.73 Å². The van der Waals surface area contributed by atoms with Gasteiger partial charge in [0.1, 0.15) is 0 Å². The molecule has 0 spiro atoms. The summed E-state index contributed by atoms with van der Waals surface area (Å²) in [5, 5.41) is 0. The molecule has 0 unspecified atom stereocenters. The molecule has 0 amide bonds. The van der Waals surface area contributed by atoms with E-state index in [0.29, 0.717) is 5.92 Å². The van der Waals surface area contributed by atoms with Crippen LogP contribution in [0.2, 0.25) is 0 Å². The second-order valence-electron chi connectivity index (χ2n) is 3.45. The largest absolute Gasteiger partial charge is 0.325 e. The summed E-state index contributed by atoms with van der Waals surface area (Å²) in [5.41, 5.74) is 6.36. The van der Waals surface area contributed by atoms with Crippen LogP contribution < -0.4 is 5.73 Å². The van der Waals surface area contributed by atoms with Crippen molar-refractivity contribution in [2.45, 2.75) is 58.9 Å². The fourth-order valence-electron chi connectivity index (χ4n) is 1.93. The highest BCUT2D eigenvalue weighted by atomic mass is 79.9. The molecule has 0 atom stereocenters. The van der Waals surface area contributed by atoms with Crippen LogP contribution in [0.3, 0.4) is 0 Å². The molecule has 1 nitrogen and oxygen atoms in total. The molecule has 2 N–H and O–H groups in total. The number of hydrogen-bond acceptors (Lipinski definition) is 1. The summed E-state index contributed by atoms with van der Waals surface area (Å²) >= 11 is 0. The van der Waals surface area contributed by atoms with Crippen molar-refractivity contribution in [1.82, 2.24) is 0 Å². The maximum absolute atomic E-state index is 6.26. The van der Waals surface area contributed by atoms with E-state index in [9.17, 15) is 0 Å². The monoisotopic (exact) mass is 237 g/mol. The number of hydrogen-bond donors (Lipinski definition) is 1. The zero-order chi connectivity index (χ0) is 8.91. The maximum Gasteiger partial charge on any atom is 0.0177 e. The summed E-state index contributed by atoms with van der Waals surface area (Å²) < 4.78 is 0. The standard InChI is InChI=1S/C10H23N.BrH/c1-5-9(6-2)10(11,7-3)8-4;/h9H,5-8,11H2,1-4H3;1H. The Kier molecular flexibility index (Phi) is 8.59. The van der Waals surface area contributed by atoms with Gasteiger partial charge in [-0.25, -0.2) is 0 Å². The van der Waals surface area contributed by atoms with Crippen LogP contribution in [0.1, 0.15) is 53.4 Å². The molecule has 0 fully saturated rings. The lowest BCUT2D eigenvalue weighted by Gasteiger charge is -2.35. The molecule has 12 heavy (non-hydrogen) atoms. The number of nitrogens with two attached hydrogens (primary N) is 1. The van der Waals surface area contributed by atoms with Crippen molar-refractivity contribution in [3.05, 3.63) is 0 Å². The Morgan fingerprint density at radius 2 is 1.33 bits per heavy atom. The fourth-order valence-corrected chi connectivity index (χ4v) is 1.93. The number of rotatable bonds is 5. The van der Waals surface area contributed by atoms with Crippen LogP contribution in [-0.4, -0.2) is 5.54 Å². The minimum Gasteiger partial charge on any atom is -0.325 e. The second kappa shape index (κ2) is 6.90. The Hall–Kier alpha value is 0.440. The highest BCUT2D eigenvalue weighted by Gasteiger charge is 2.28. The van der Waals surface area contributed by atoms with Crippen LogP contribution in [0.5, 0.6) is 0 Å².